The van der Waals surface area contributed by atoms with E-state index in [-0.39, 0.29) is 6.10 Å². The maximum absolute atomic E-state index is 9.61. The smallest absolute Gasteiger partial charge is 0.138 e. The molecule has 1 aliphatic heterocycles. The summed E-state index contributed by atoms with van der Waals surface area (Å²) >= 11 is 3.41. The van der Waals surface area contributed by atoms with Crippen LogP contribution in [0.3, 0.4) is 0 Å². The second-order valence-corrected chi connectivity index (χ2v) is 4.53. The van der Waals surface area contributed by atoms with Gasteiger partial charge in [0.05, 0.1) is 11.6 Å². The maximum atomic E-state index is 9.61. The van der Waals surface area contributed by atoms with Crippen molar-refractivity contribution in [2.45, 2.75) is 12.2 Å². The Morgan fingerprint density at radius 3 is 2.81 bits per heavy atom. The van der Waals surface area contributed by atoms with E-state index in [0.717, 1.165) is 10.2 Å². The summed E-state index contributed by atoms with van der Waals surface area (Å²) in [5, 5.41) is 12.7. The highest BCUT2D eigenvalue weighted by molar-refractivity contribution is 9.10. The standard InChI is InChI=1S/C11H14BrNO3/c1-15-7-2-3-10(8(12)4-7)16-11-6-13-5-9(11)14/h2-4,9,11,13-14H,5-6H2,1H3. The maximum Gasteiger partial charge on any atom is 0.138 e. The van der Waals surface area contributed by atoms with Gasteiger partial charge in [0.15, 0.2) is 0 Å². The van der Waals surface area contributed by atoms with Crippen LogP contribution >= 0.6 is 15.9 Å². The lowest BCUT2D eigenvalue weighted by atomic mass is 10.2. The average molecular weight is 288 g/mol. The van der Waals surface area contributed by atoms with Gasteiger partial charge in [0.25, 0.3) is 0 Å². The van der Waals surface area contributed by atoms with Gasteiger partial charge >= 0.3 is 0 Å². The minimum absolute atomic E-state index is 0.190. The van der Waals surface area contributed by atoms with Gasteiger partial charge in [0, 0.05) is 13.1 Å². The molecule has 2 atom stereocenters. The highest BCUT2D eigenvalue weighted by Gasteiger charge is 2.27. The molecule has 2 N–H and O–H groups in total. The number of hydrogen-bond acceptors (Lipinski definition) is 4. The predicted octanol–water partition coefficient (Wildman–Crippen LogP) is 1.17. The third-order valence-corrected chi connectivity index (χ3v) is 3.17. The second-order valence-electron chi connectivity index (χ2n) is 3.68. The Hall–Kier alpha value is -0.780. The van der Waals surface area contributed by atoms with Crippen LogP contribution in [0.4, 0.5) is 0 Å². The van der Waals surface area contributed by atoms with E-state index in [0.29, 0.717) is 18.8 Å². The van der Waals surface area contributed by atoms with Crippen LogP contribution in [0.15, 0.2) is 22.7 Å². The summed E-state index contributed by atoms with van der Waals surface area (Å²) in [6.07, 6.45) is -0.640. The molecule has 0 amide bonds. The minimum Gasteiger partial charge on any atom is -0.497 e. The monoisotopic (exact) mass is 287 g/mol. The van der Waals surface area contributed by atoms with Gasteiger partial charge in [-0.3, -0.25) is 0 Å². The quantitative estimate of drug-likeness (QED) is 0.876. The van der Waals surface area contributed by atoms with Crippen LogP contribution in [0.25, 0.3) is 0 Å². The molecule has 4 nitrogen and oxygen atoms in total. The van der Waals surface area contributed by atoms with Crippen LogP contribution in [0.2, 0.25) is 0 Å². The average Bonchev–Trinajstić information content (AvgIpc) is 2.67. The van der Waals surface area contributed by atoms with Crippen LogP contribution in [0, 0.1) is 0 Å². The fourth-order valence-electron chi connectivity index (χ4n) is 1.63. The zero-order chi connectivity index (χ0) is 11.5. The van der Waals surface area contributed by atoms with Gasteiger partial charge in [0.1, 0.15) is 23.7 Å². The number of rotatable bonds is 3. The molecule has 0 aromatic heterocycles. The van der Waals surface area contributed by atoms with Crippen molar-refractivity contribution in [1.29, 1.82) is 0 Å². The Morgan fingerprint density at radius 2 is 2.25 bits per heavy atom. The molecule has 0 radical (unpaired) electrons. The molecule has 0 spiro atoms. The number of aliphatic hydroxyl groups excluding tert-OH is 1. The van der Waals surface area contributed by atoms with Crippen molar-refractivity contribution < 1.29 is 14.6 Å². The zero-order valence-corrected chi connectivity index (χ0v) is 10.5. The number of halogens is 1. The lowest BCUT2D eigenvalue weighted by Gasteiger charge is -2.17. The summed E-state index contributed by atoms with van der Waals surface area (Å²) < 4.78 is 11.6. The van der Waals surface area contributed by atoms with Gasteiger partial charge in [-0.05, 0) is 34.1 Å². The van der Waals surface area contributed by atoms with Crippen molar-refractivity contribution >= 4 is 15.9 Å². The van der Waals surface area contributed by atoms with E-state index in [1.807, 2.05) is 18.2 Å². The van der Waals surface area contributed by atoms with E-state index in [4.69, 9.17) is 9.47 Å². The van der Waals surface area contributed by atoms with Crippen molar-refractivity contribution in [2.75, 3.05) is 20.2 Å². The van der Waals surface area contributed by atoms with Gasteiger partial charge in [-0.25, -0.2) is 0 Å². The van der Waals surface area contributed by atoms with Gasteiger partial charge in [0.2, 0.25) is 0 Å². The SMILES string of the molecule is COc1ccc(OC2CNCC2O)c(Br)c1. The van der Waals surface area contributed by atoms with E-state index in [2.05, 4.69) is 21.2 Å². The molecule has 88 valence electrons. The molecule has 16 heavy (non-hydrogen) atoms. The predicted molar refractivity (Wildman–Crippen MR) is 64.0 cm³/mol. The summed E-state index contributed by atoms with van der Waals surface area (Å²) in [5.41, 5.74) is 0. The second kappa shape index (κ2) is 5.03. The molecule has 5 heteroatoms. The fourth-order valence-corrected chi connectivity index (χ4v) is 2.08. The molecule has 2 unspecified atom stereocenters. The highest BCUT2D eigenvalue weighted by atomic mass is 79.9. The minimum atomic E-state index is -0.450. The van der Waals surface area contributed by atoms with Crippen LogP contribution < -0.4 is 14.8 Å². The van der Waals surface area contributed by atoms with Crippen molar-refractivity contribution in [2.24, 2.45) is 0 Å². The van der Waals surface area contributed by atoms with Crippen molar-refractivity contribution in [3.05, 3.63) is 22.7 Å². The molecular weight excluding hydrogens is 274 g/mol. The number of ether oxygens (including phenoxy) is 2. The van der Waals surface area contributed by atoms with Crippen molar-refractivity contribution in [3.63, 3.8) is 0 Å². The number of benzene rings is 1. The number of nitrogens with one attached hydrogen (secondary N) is 1. The first-order chi connectivity index (χ1) is 7.70. The van der Waals surface area contributed by atoms with Crippen LogP contribution in [0.1, 0.15) is 0 Å². The van der Waals surface area contributed by atoms with Crippen molar-refractivity contribution in [3.8, 4) is 11.5 Å². The first-order valence-corrected chi connectivity index (χ1v) is 5.89. The first kappa shape index (κ1) is 11.7. The molecule has 1 aromatic rings. The Labute approximate surface area is 103 Å². The summed E-state index contributed by atoms with van der Waals surface area (Å²) in [5.74, 6) is 1.48. The Bertz CT molecular complexity index is 372. The van der Waals surface area contributed by atoms with Gasteiger partial charge in [-0.1, -0.05) is 0 Å². The third kappa shape index (κ3) is 2.48. The van der Waals surface area contributed by atoms with Crippen molar-refractivity contribution in [1.82, 2.24) is 5.32 Å². The third-order valence-electron chi connectivity index (χ3n) is 2.55. The molecule has 1 aromatic carbocycles. The lowest BCUT2D eigenvalue weighted by molar-refractivity contribution is 0.0732. The van der Waals surface area contributed by atoms with Crippen LogP contribution in [-0.2, 0) is 0 Å². The Kier molecular flexibility index (Phi) is 3.68. The Balaban J connectivity index is 2.09. The van der Waals surface area contributed by atoms with E-state index in [1.54, 1.807) is 7.11 Å². The highest BCUT2D eigenvalue weighted by Crippen LogP contribution is 2.30. The van der Waals surface area contributed by atoms with E-state index in [1.165, 1.54) is 0 Å². The summed E-state index contributed by atoms with van der Waals surface area (Å²) in [4.78, 5) is 0. The zero-order valence-electron chi connectivity index (χ0n) is 8.94. The summed E-state index contributed by atoms with van der Waals surface area (Å²) in [6, 6.07) is 5.49. The molecule has 1 fully saturated rings. The first-order valence-electron chi connectivity index (χ1n) is 5.09. The van der Waals surface area contributed by atoms with Gasteiger partial charge in [-0.15, -0.1) is 0 Å². The molecule has 0 saturated carbocycles. The van der Waals surface area contributed by atoms with Crippen LogP contribution in [0.5, 0.6) is 11.5 Å². The molecule has 1 aliphatic rings. The topological polar surface area (TPSA) is 50.7 Å². The lowest BCUT2D eigenvalue weighted by Crippen LogP contribution is -2.29. The van der Waals surface area contributed by atoms with E-state index in [9.17, 15) is 5.11 Å². The van der Waals surface area contributed by atoms with Crippen LogP contribution in [-0.4, -0.2) is 37.5 Å². The number of β-amino-alcohol motifs (C(OH)–C–C–N with tert-alkyl or cyclic N) is 1. The summed E-state index contributed by atoms with van der Waals surface area (Å²) in [6.45, 7) is 1.25. The Morgan fingerprint density at radius 1 is 1.44 bits per heavy atom. The van der Waals surface area contributed by atoms with Gasteiger partial charge in [-0.2, -0.15) is 0 Å². The number of hydrogen-bond donors (Lipinski definition) is 2. The molecule has 1 heterocycles. The van der Waals surface area contributed by atoms with Gasteiger partial charge < -0.3 is 19.9 Å². The largest absolute Gasteiger partial charge is 0.497 e. The molecule has 2 rings (SSSR count). The summed E-state index contributed by atoms with van der Waals surface area (Å²) in [7, 11) is 1.62. The van der Waals surface area contributed by atoms with E-state index < -0.39 is 6.10 Å². The molecule has 0 bridgehead atoms. The molecule has 1 saturated heterocycles. The number of aliphatic hydroxyl groups is 1. The molecule has 0 aliphatic carbocycles. The van der Waals surface area contributed by atoms with E-state index >= 15 is 0 Å². The molecular formula is C11H14BrNO3. The number of methoxy groups -OCH3 is 1. The fraction of sp³-hybridized carbons (Fsp3) is 0.455. The normalized spacial score (nSPS) is 24.4.